The van der Waals surface area contributed by atoms with Gasteiger partial charge < -0.3 is 4.57 Å². The highest BCUT2D eigenvalue weighted by molar-refractivity contribution is 6.16. The summed E-state index contributed by atoms with van der Waals surface area (Å²) >= 11 is 0. The first-order valence-electron chi connectivity index (χ1n) is 10.4. The number of hydrogen-bond acceptors (Lipinski definition) is 1. The molecule has 0 unspecified atom stereocenters. The van der Waals surface area contributed by atoms with Gasteiger partial charge in [-0.05, 0) is 34.5 Å². The van der Waals surface area contributed by atoms with Crippen molar-refractivity contribution in [3.8, 4) is 16.8 Å². The van der Waals surface area contributed by atoms with E-state index < -0.39 is 0 Å². The molecule has 0 radical (unpaired) electrons. The standard InChI is InChI=1S/C29H19NO/c31-19-20-17-18-24(23-12-5-4-11-22(20)23)26-14-8-15-27-25-13-6-7-16-28(25)30(29(26)27)21-9-2-1-3-10-21/h1-19H. The molecule has 0 N–H and O–H groups in total. The van der Waals surface area contributed by atoms with Gasteiger partial charge in [0.2, 0.25) is 0 Å². The maximum Gasteiger partial charge on any atom is 0.150 e. The number of benzene rings is 5. The molecule has 0 amide bonds. The van der Waals surface area contributed by atoms with Gasteiger partial charge in [0.05, 0.1) is 11.0 Å². The highest BCUT2D eigenvalue weighted by atomic mass is 16.1. The average molecular weight is 397 g/mol. The number of aldehydes is 1. The Balaban J connectivity index is 1.80. The van der Waals surface area contributed by atoms with E-state index in [2.05, 4.69) is 83.4 Å². The van der Waals surface area contributed by atoms with Crippen molar-refractivity contribution in [1.29, 1.82) is 0 Å². The number of hydrogen-bond donors (Lipinski definition) is 0. The van der Waals surface area contributed by atoms with Gasteiger partial charge in [0.25, 0.3) is 0 Å². The van der Waals surface area contributed by atoms with E-state index in [1.54, 1.807) is 0 Å². The predicted octanol–water partition coefficient (Wildman–Crippen LogP) is 7.42. The first-order chi connectivity index (χ1) is 15.4. The molecule has 5 aromatic carbocycles. The Bertz CT molecular complexity index is 1590. The van der Waals surface area contributed by atoms with E-state index in [1.165, 1.54) is 21.8 Å². The van der Waals surface area contributed by atoms with E-state index in [1.807, 2.05) is 30.3 Å². The zero-order valence-electron chi connectivity index (χ0n) is 16.8. The summed E-state index contributed by atoms with van der Waals surface area (Å²) in [6, 6.07) is 37.7. The van der Waals surface area contributed by atoms with Crippen LogP contribution in [-0.4, -0.2) is 10.9 Å². The second kappa shape index (κ2) is 6.96. The third kappa shape index (κ3) is 2.62. The Morgan fingerprint density at radius 3 is 2.00 bits per heavy atom. The Hall–Kier alpha value is -4.17. The summed E-state index contributed by atoms with van der Waals surface area (Å²) in [5.74, 6) is 0. The molecule has 31 heavy (non-hydrogen) atoms. The number of aromatic nitrogens is 1. The van der Waals surface area contributed by atoms with Gasteiger partial charge in [0.15, 0.2) is 6.29 Å². The van der Waals surface area contributed by atoms with Crippen LogP contribution in [0.15, 0.2) is 109 Å². The van der Waals surface area contributed by atoms with Crippen LogP contribution in [0.5, 0.6) is 0 Å². The number of carbonyl (C=O) groups is 1. The summed E-state index contributed by atoms with van der Waals surface area (Å²) in [5.41, 5.74) is 6.51. The number of rotatable bonds is 3. The van der Waals surface area contributed by atoms with Gasteiger partial charge in [-0.2, -0.15) is 0 Å². The normalized spacial score (nSPS) is 11.4. The van der Waals surface area contributed by atoms with Crippen LogP contribution in [0.4, 0.5) is 0 Å². The molecule has 0 spiro atoms. The Morgan fingerprint density at radius 1 is 0.516 bits per heavy atom. The lowest BCUT2D eigenvalue weighted by Crippen LogP contribution is -1.95. The van der Waals surface area contributed by atoms with Gasteiger partial charge in [-0.25, -0.2) is 0 Å². The third-order valence-electron chi connectivity index (χ3n) is 6.08. The molecular formula is C29H19NO. The van der Waals surface area contributed by atoms with E-state index in [0.717, 1.165) is 39.4 Å². The van der Waals surface area contributed by atoms with Gasteiger partial charge in [0.1, 0.15) is 0 Å². The fourth-order valence-corrected chi connectivity index (χ4v) is 4.74. The lowest BCUT2D eigenvalue weighted by Gasteiger charge is -2.14. The van der Waals surface area contributed by atoms with Crippen molar-refractivity contribution in [1.82, 2.24) is 4.57 Å². The van der Waals surface area contributed by atoms with E-state index in [9.17, 15) is 4.79 Å². The molecule has 0 fully saturated rings. The molecule has 0 saturated heterocycles. The van der Waals surface area contributed by atoms with E-state index in [0.29, 0.717) is 0 Å². The van der Waals surface area contributed by atoms with Gasteiger partial charge >= 0.3 is 0 Å². The molecule has 2 nitrogen and oxygen atoms in total. The highest BCUT2D eigenvalue weighted by Gasteiger charge is 2.17. The van der Waals surface area contributed by atoms with Crippen LogP contribution in [0, 0.1) is 0 Å². The molecule has 0 aliphatic heterocycles. The zero-order chi connectivity index (χ0) is 20.8. The molecule has 146 valence electrons. The Labute approximate surface area is 180 Å². The van der Waals surface area contributed by atoms with Crippen molar-refractivity contribution in [2.45, 2.75) is 0 Å². The van der Waals surface area contributed by atoms with Gasteiger partial charge in [-0.3, -0.25) is 4.79 Å². The maximum atomic E-state index is 11.6. The van der Waals surface area contributed by atoms with Crippen LogP contribution in [-0.2, 0) is 0 Å². The first kappa shape index (κ1) is 17.7. The predicted molar refractivity (Wildman–Crippen MR) is 129 cm³/mol. The zero-order valence-corrected chi connectivity index (χ0v) is 16.8. The molecule has 6 rings (SSSR count). The van der Waals surface area contributed by atoms with Gasteiger partial charge in [0, 0.05) is 27.6 Å². The second-order valence-corrected chi connectivity index (χ2v) is 7.76. The van der Waals surface area contributed by atoms with Gasteiger partial charge in [-0.1, -0.05) is 91.0 Å². The minimum absolute atomic E-state index is 0.718. The molecule has 6 aromatic rings. The Morgan fingerprint density at radius 2 is 1.19 bits per heavy atom. The van der Waals surface area contributed by atoms with Crippen molar-refractivity contribution in [3.05, 3.63) is 115 Å². The van der Waals surface area contributed by atoms with E-state index in [-0.39, 0.29) is 0 Å². The van der Waals surface area contributed by atoms with Crippen LogP contribution in [0.1, 0.15) is 10.4 Å². The number of nitrogens with zero attached hydrogens (tertiary/aromatic N) is 1. The number of carbonyl (C=O) groups excluding carboxylic acids is 1. The number of fused-ring (bicyclic) bond motifs is 4. The summed E-state index contributed by atoms with van der Waals surface area (Å²) in [4.78, 5) is 11.6. The smallest absolute Gasteiger partial charge is 0.150 e. The molecule has 1 heterocycles. The maximum absolute atomic E-state index is 11.6. The summed E-state index contributed by atoms with van der Waals surface area (Å²) < 4.78 is 2.35. The van der Waals surface area contributed by atoms with Crippen molar-refractivity contribution in [3.63, 3.8) is 0 Å². The van der Waals surface area contributed by atoms with Crippen molar-refractivity contribution >= 4 is 38.9 Å². The lowest BCUT2D eigenvalue weighted by atomic mass is 9.94. The summed E-state index contributed by atoms with van der Waals surface area (Å²) in [5, 5.41) is 4.52. The molecular weight excluding hydrogens is 378 g/mol. The van der Waals surface area contributed by atoms with Crippen LogP contribution < -0.4 is 0 Å². The molecule has 0 aliphatic carbocycles. The molecule has 0 aliphatic rings. The molecule has 2 heteroatoms. The topological polar surface area (TPSA) is 22.0 Å². The van der Waals surface area contributed by atoms with Crippen LogP contribution in [0.25, 0.3) is 49.4 Å². The van der Waals surface area contributed by atoms with Gasteiger partial charge in [-0.15, -0.1) is 0 Å². The summed E-state index contributed by atoms with van der Waals surface area (Å²) in [7, 11) is 0. The molecule has 1 aromatic heterocycles. The van der Waals surface area contributed by atoms with Crippen LogP contribution in [0.2, 0.25) is 0 Å². The SMILES string of the molecule is O=Cc1ccc(-c2cccc3c4ccccc4n(-c4ccccc4)c23)c2ccccc12. The minimum Gasteiger partial charge on any atom is -0.309 e. The van der Waals surface area contributed by atoms with Crippen molar-refractivity contribution < 1.29 is 4.79 Å². The van der Waals surface area contributed by atoms with Crippen LogP contribution >= 0.6 is 0 Å². The highest BCUT2D eigenvalue weighted by Crippen LogP contribution is 2.40. The van der Waals surface area contributed by atoms with Crippen molar-refractivity contribution in [2.75, 3.05) is 0 Å². The third-order valence-corrected chi connectivity index (χ3v) is 6.08. The van der Waals surface area contributed by atoms with E-state index >= 15 is 0 Å². The molecule has 0 atom stereocenters. The van der Waals surface area contributed by atoms with Crippen molar-refractivity contribution in [2.24, 2.45) is 0 Å². The largest absolute Gasteiger partial charge is 0.309 e. The quantitative estimate of drug-likeness (QED) is 0.285. The number of para-hydroxylation sites is 3. The summed E-state index contributed by atoms with van der Waals surface area (Å²) in [6.45, 7) is 0. The lowest BCUT2D eigenvalue weighted by molar-refractivity contribution is 0.112. The van der Waals surface area contributed by atoms with Crippen LogP contribution in [0.3, 0.4) is 0 Å². The molecule has 0 saturated carbocycles. The average Bonchev–Trinajstić information content (AvgIpc) is 3.19. The summed E-state index contributed by atoms with van der Waals surface area (Å²) in [6.07, 6.45) is 0.938. The minimum atomic E-state index is 0.718. The van der Waals surface area contributed by atoms with E-state index in [4.69, 9.17) is 0 Å². The second-order valence-electron chi connectivity index (χ2n) is 7.76. The first-order valence-corrected chi connectivity index (χ1v) is 10.4. The fourth-order valence-electron chi connectivity index (χ4n) is 4.74. The monoisotopic (exact) mass is 397 g/mol. The fraction of sp³-hybridized carbons (Fsp3) is 0. The molecule has 0 bridgehead atoms. The Kier molecular flexibility index (Phi) is 3.97.